The molecule has 0 radical (unpaired) electrons. The van der Waals surface area contributed by atoms with Crippen molar-refractivity contribution in [2.45, 2.75) is 69.5 Å². The largest absolute Gasteiger partial charge is 0.352 e. The highest BCUT2D eigenvalue weighted by Gasteiger charge is 2.33. The number of benzene rings is 3. The van der Waals surface area contributed by atoms with Crippen molar-refractivity contribution >= 4 is 39.1 Å². The van der Waals surface area contributed by atoms with Gasteiger partial charge in [0, 0.05) is 17.6 Å². The molecule has 3 aromatic carbocycles. The van der Waals surface area contributed by atoms with E-state index in [-0.39, 0.29) is 29.1 Å². The average molecular weight is 600 g/mol. The molecule has 1 saturated carbocycles. The number of hydrogen-bond acceptors (Lipinski definition) is 4. The topological polar surface area (TPSA) is 86.8 Å². The van der Waals surface area contributed by atoms with Crippen molar-refractivity contribution in [3.8, 4) is 0 Å². The summed E-state index contributed by atoms with van der Waals surface area (Å²) in [5.74, 6) is -1.43. The number of nitrogens with one attached hydrogen (secondary N) is 1. The molecule has 0 bridgehead atoms. The Bertz CT molecular complexity index is 1460. The minimum absolute atomic E-state index is 0.00953. The van der Waals surface area contributed by atoms with E-state index in [4.69, 9.17) is 11.6 Å². The van der Waals surface area contributed by atoms with Crippen LogP contribution in [0.4, 0.5) is 10.1 Å². The van der Waals surface area contributed by atoms with Gasteiger partial charge in [-0.15, -0.1) is 0 Å². The lowest BCUT2D eigenvalue weighted by atomic mass is 9.95. The van der Waals surface area contributed by atoms with Crippen LogP contribution in [-0.2, 0) is 26.2 Å². The van der Waals surface area contributed by atoms with Gasteiger partial charge in [0.25, 0.3) is 10.0 Å². The molecule has 41 heavy (non-hydrogen) atoms. The Kier molecular flexibility index (Phi) is 10.0. The summed E-state index contributed by atoms with van der Waals surface area (Å²) in [6.45, 7) is 2.92. The highest BCUT2D eigenvalue weighted by molar-refractivity contribution is 7.92. The minimum atomic E-state index is -4.22. The molecule has 1 atom stereocenters. The predicted molar refractivity (Wildman–Crippen MR) is 159 cm³/mol. The number of sulfonamides is 1. The lowest BCUT2D eigenvalue weighted by Crippen LogP contribution is -2.53. The van der Waals surface area contributed by atoms with Gasteiger partial charge >= 0.3 is 0 Å². The smallest absolute Gasteiger partial charge is 0.264 e. The molecule has 0 heterocycles. The maximum atomic E-state index is 14.0. The number of amides is 2. The van der Waals surface area contributed by atoms with Gasteiger partial charge in [0.2, 0.25) is 11.8 Å². The van der Waals surface area contributed by atoms with E-state index in [1.807, 2.05) is 6.92 Å². The van der Waals surface area contributed by atoms with Crippen molar-refractivity contribution in [1.29, 1.82) is 0 Å². The van der Waals surface area contributed by atoms with E-state index in [1.165, 1.54) is 29.2 Å². The second-order valence-electron chi connectivity index (χ2n) is 10.5. The van der Waals surface area contributed by atoms with Crippen LogP contribution in [0.3, 0.4) is 0 Å². The molecule has 1 unspecified atom stereocenters. The molecular formula is C31H35ClFN3O4S. The maximum absolute atomic E-state index is 14.0. The van der Waals surface area contributed by atoms with Gasteiger partial charge in [-0.05, 0) is 80.8 Å². The zero-order chi connectivity index (χ0) is 29.6. The van der Waals surface area contributed by atoms with Crippen LogP contribution in [-0.4, -0.2) is 43.8 Å². The summed E-state index contributed by atoms with van der Waals surface area (Å²) in [5.41, 5.74) is 1.69. The fourth-order valence-electron chi connectivity index (χ4n) is 4.96. The van der Waals surface area contributed by atoms with Crippen molar-refractivity contribution in [2.75, 3.05) is 10.8 Å². The van der Waals surface area contributed by atoms with Crippen molar-refractivity contribution in [3.63, 3.8) is 0 Å². The summed E-state index contributed by atoms with van der Waals surface area (Å²) in [7, 11) is -4.22. The van der Waals surface area contributed by atoms with Crippen LogP contribution in [0.15, 0.2) is 77.7 Å². The van der Waals surface area contributed by atoms with Crippen molar-refractivity contribution in [1.82, 2.24) is 10.2 Å². The molecule has 4 rings (SSSR count). The van der Waals surface area contributed by atoms with Crippen LogP contribution in [0.1, 0.15) is 50.2 Å². The van der Waals surface area contributed by atoms with Gasteiger partial charge in [0.1, 0.15) is 18.4 Å². The first-order valence-corrected chi connectivity index (χ1v) is 15.6. The van der Waals surface area contributed by atoms with E-state index in [0.717, 1.165) is 54.1 Å². The third-order valence-corrected chi connectivity index (χ3v) is 9.39. The molecule has 0 saturated heterocycles. The Balaban J connectivity index is 1.67. The first-order chi connectivity index (χ1) is 19.5. The van der Waals surface area contributed by atoms with Crippen LogP contribution in [0.25, 0.3) is 0 Å². The van der Waals surface area contributed by atoms with E-state index in [2.05, 4.69) is 5.32 Å². The van der Waals surface area contributed by atoms with Gasteiger partial charge in [0.05, 0.1) is 10.6 Å². The molecule has 1 N–H and O–H groups in total. The number of hydrogen-bond donors (Lipinski definition) is 1. The molecule has 218 valence electrons. The Morgan fingerprint density at radius 1 is 1.00 bits per heavy atom. The van der Waals surface area contributed by atoms with Gasteiger partial charge < -0.3 is 10.2 Å². The molecular weight excluding hydrogens is 565 g/mol. The molecule has 0 aromatic heterocycles. The van der Waals surface area contributed by atoms with Gasteiger partial charge in [-0.25, -0.2) is 12.8 Å². The van der Waals surface area contributed by atoms with Crippen molar-refractivity contribution in [2.24, 2.45) is 0 Å². The zero-order valence-electron chi connectivity index (χ0n) is 23.2. The second kappa shape index (κ2) is 13.5. The summed E-state index contributed by atoms with van der Waals surface area (Å²) in [5, 5.41) is 3.55. The van der Waals surface area contributed by atoms with E-state index < -0.39 is 34.3 Å². The van der Waals surface area contributed by atoms with Gasteiger partial charge in [-0.2, -0.15) is 0 Å². The lowest BCUT2D eigenvalue weighted by molar-refractivity contribution is -0.139. The van der Waals surface area contributed by atoms with Gasteiger partial charge in [-0.3, -0.25) is 13.9 Å². The molecule has 1 fully saturated rings. The highest BCUT2D eigenvalue weighted by Crippen LogP contribution is 2.26. The van der Waals surface area contributed by atoms with E-state index in [9.17, 15) is 22.4 Å². The van der Waals surface area contributed by atoms with Crippen molar-refractivity contribution < 1.29 is 22.4 Å². The summed E-state index contributed by atoms with van der Waals surface area (Å²) in [6.07, 6.45) is 4.97. The molecule has 10 heteroatoms. The quantitative estimate of drug-likeness (QED) is 0.317. The van der Waals surface area contributed by atoms with Crippen molar-refractivity contribution in [3.05, 3.63) is 94.8 Å². The Labute approximate surface area is 246 Å². The Morgan fingerprint density at radius 2 is 1.66 bits per heavy atom. The first-order valence-electron chi connectivity index (χ1n) is 13.7. The summed E-state index contributed by atoms with van der Waals surface area (Å²) < 4.78 is 42.4. The third-order valence-electron chi connectivity index (χ3n) is 7.36. The number of carbonyl (C=O) groups excluding carboxylic acids is 2. The fourth-order valence-corrected chi connectivity index (χ4v) is 6.58. The lowest BCUT2D eigenvalue weighted by Gasteiger charge is -2.33. The molecule has 2 amide bonds. The standard InChI is InChI=1S/C31H35ClFN3O4S/c1-22-11-17-29(18-12-22)41(39,40)36(28-15-13-26(33)14-16-28)21-30(37)35(20-24-7-6-8-25(32)19-24)23(2)31(38)34-27-9-4-3-5-10-27/h6-8,11-19,23,27H,3-5,9-10,20-21H2,1-2H3,(H,34,38). The van der Waals surface area contributed by atoms with Crippen LogP contribution in [0, 0.1) is 12.7 Å². The molecule has 3 aromatic rings. The van der Waals surface area contributed by atoms with Crippen LogP contribution in [0.5, 0.6) is 0 Å². The maximum Gasteiger partial charge on any atom is 0.264 e. The van der Waals surface area contributed by atoms with E-state index in [0.29, 0.717) is 10.6 Å². The van der Waals surface area contributed by atoms with E-state index in [1.54, 1.807) is 43.3 Å². The summed E-state index contributed by atoms with van der Waals surface area (Å²) in [4.78, 5) is 28.7. The molecule has 1 aliphatic rings. The van der Waals surface area contributed by atoms with Crippen LogP contribution < -0.4 is 9.62 Å². The third kappa shape index (κ3) is 7.86. The molecule has 7 nitrogen and oxygen atoms in total. The Morgan fingerprint density at radius 3 is 2.29 bits per heavy atom. The highest BCUT2D eigenvalue weighted by atomic mass is 35.5. The number of carbonyl (C=O) groups is 2. The number of anilines is 1. The molecule has 0 spiro atoms. The summed E-state index contributed by atoms with van der Waals surface area (Å²) in [6, 6.07) is 17.3. The molecule has 1 aliphatic carbocycles. The second-order valence-corrected chi connectivity index (χ2v) is 12.8. The molecule has 0 aliphatic heterocycles. The SMILES string of the molecule is Cc1ccc(S(=O)(=O)N(CC(=O)N(Cc2cccc(Cl)c2)C(C)C(=O)NC2CCCCC2)c2ccc(F)cc2)cc1. The van der Waals surface area contributed by atoms with Crippen LogP contribution in [0.2, 0.25) is 5.02 Å². The summed E-state index contributed by atoms with van der Waals surface area (Å²) >= 11 is 6.19. The fraction of sp³-hybridized carbons (Fsp3) is 0.355. The zero-order valence-corrected chi connectivity index (χ0v) is 24.8. The van der Waals surface area contributed by atoms with Gasteiger partial charge in [-0.1, -0.05) is 60.7 Å². The normalized spacial score (nSPS) is 14.7. The van der Waals surface area contributed by atoms with Crippen LogP contribution >= 0.6 is 11.6 Å². The number of aryl methyl sites for hydroxylation is 1. The predicted octanol–water partition coefficient (Wildman–Crippen LogP) is 5.85. The van der Waals surface area contributed by atoms with Gasteiger partial charge in [0.15, 0.2) is 0 Å². The first kappa shape index (κ1) is 30.5. The Hall–Kier alpha value is -3.43. The number of halogens is 2. The monoisotopic (exact) mass is 599 g/mol. The number of rotatable bonds is 10. The number of nitrogens with zero attached hydrogens (tertiary/aromatic N) is 2. The van der Waals surface area contributed by atoms with E-state index >= 15 is 0 Å². The average Bonchev–Trinajstić information content (AvgIpc) is 2.95. The minimum Gasteiger partial charge on any atom is -0.352 e.